The van der Waals surface area contributed by atoms with Gasteiger partial charge in [-0.15, -0.1) is 0 Å². The maximum atomic E-state index is 12.2. The molecule has 1 atom stereocenters. The van der Waals surface area contributed by atoms with Crippen molar-refractivity contribution in [2.45, 2.75) is 66.3 Å². The van der Waals surface area contributed by atoms with Gasteiger partial charge in [0.05, 0.1) is 17.1 Å². The largest absolute Gasteiger partial charge is 0.371 e. The Bertz CT molecular complexity index is 292. The van der Waals surface area contributed by atoms with Gasteiger partial charge < -0.3 is 14.3 Å². The summed E-state index contributed by atoms with van der Waals surface area (Å²) >= 11 is 0. The van der Waals surface area contributed by atoms with Crippen molar-refractivity contribution in [3.8, 4) is 0 Å². The number of aldehydes is 1. The third-order valence-corrected chi connectivity index (χ3v) is 3.42. The average molecular weight is 258 g/mol. The Morgan fingerprint density at radius 1 is 1.17 bits per heavy atom. The van der Waals surface area contributed by atoms with Crippen LogP contribution in [-0.4, -0.2) is 36.5 Å². The molecule has 0 fully saturated rings. The van der Waals surface area contributed by atoms with Crippen LogP contribution in [0.5, 0.6) is 0 Å². The van der Waals surface area contributed by atoms with E-state index in [9.17, 15) is 9.59 Å². The number of rotatable bonds is 8. The summed E-state index contributed by atoms with van der Waals surface area (Å²) in [6.45, 7) is 12.8. The number of hydrogen-bond acceptors (Lipinski definition) is 4. The van der Waals surface area contributed by atoms with Crippen molar-refractivity contribution in [1.29, 1.82) is 0 Å². The second kappa shape index (κ2) is 6.43. The van der Waals surface area contributed by atoms with Gasteiger partial charge >= 0.3 is 0 Å². The van der Waals surface area contributed by atoms with Crippen molar-refractivity contribution in [2.24, 2.45) is 5.41 Å². The van der Waals surface area contributed by atoms with E-state index in [4.69, 9.17) is 9.47 Å². The molecule has 18 heavy (non-hydrogen) atoms. The molecule has 0 spiro atoms. The molecule has 0 aliphatic rings. The van der Waals surface area contributed by atoms with E-state index in [1.54, 1.807) is 6.92 Å². The normalized spacial score (nSPS) is 14.7. The Labute approximate surface area is 110 Å². The number of hydrogen-bond donors (Lipinski definition) is 0. The van der Waals surface area contributed by atoms with Crippen molar-refractivity contribution in [2.75, 3.05) is 6.61 Å². The van der Waals surface area contributed by atoms with Gasteiger partial charge in [0.1, 0.15) is 19.0 Å². The van der Waals surface area contributed by atoms with Gasteiger partial charge in [-0.05, 0) is 34.6 Å². The molecule has 0 aliphatic carbocycles. The van der Waals surface area contributed by atoms with Crippen molar-refractivity contribution < 1.29 is 19.1 Å². The fraction of sp³-hybridized carbons (Fsp3) is 0.857. The summed E-state index contributed by atoms with van der Waals surface area (Å²) in [4.78, 5) is 22.9. The Morgan fingerprint density at radius 3 is 2.06 bits per heavy atom. The van der Waals surface area contributed by atoms with Gasteiger partial charge in [0.25, 0.3) is 0 Å². The molecule has 0 amide bonds. The van der Waals surface area contributed by atoms with Crippen molar-refractivity contribution in [3.05, 3.63) is 0 Å². The first-order chi connectivity index (χ1) is 8.04. The third-order valence-electron chi connectivity index (χ3n) is 3.42. The van der Waals surface area contributed by atoms with Crippen LogP contribution in [0, 0.1) is 5.41 Å². The number of Topliss-reactive ketones (excluding diaryl/α,β-unsaturated/α-hetero) is 1. The number of carbonyl (C=O) groups excluding carboxylic acids is 2. The van der Waals surface area contributed by atoms with Crippen LogP contribution in [0.3, 0.4) is 0 Å². The van der Waals surface area contributed by atoms with Gasteiger partial charge in [0.2, 0.25) is 0 Å². The number of carbonyl (C=O) groups is 2. The van der Waals surface area contributed by atoms with Crippen LogP contribution < -0.4 is 0 Å². The van der Waals surface area contributed by atoms with Gasteiger partial charge in [-0.25, -0.2) is 0 Å². The first kappa shape index (κ1) is 17.3. The van der Waals surface area contributed by atoms with Gasteiger partial charge in [0.15, 0.2) is 5.78 Å². The molecule has 0 bridgehead atoms. The van der Waals surface area contributed by atoms with Crippen molar-refractivity contribution >= 4 is 12.1 Å². The molecule has 0 aromatic heterocycles. The van der Waals surface area contributed by atoms with Gasteiger partial charge in [-0.1, -0.05) is 13.8 Å². The van der Waals surface area contributed by atoms with E-state index in [2.05, 4.69) is 0 Å². The molecule has 4 heteroatoms. The minimum Gasteiger partial charge on any atom is -0.371 e. The lowest BCUT2D eigenvalue weighted by Crippen LogP contribution is -2.50. The van der Waals surface area contributed by atoms with Crippen LogP contribution in [-0.2, 0) is 19.1 Å². The average Bonchev–Trinajstić information content (AvgIpc) is 2.24. The molecule has 0 heterocycles. The van der Waals surface area contributed by atoms with Crippen LogP contribution in [0.4, 0.5) is 0 Å². The minimum atomic E-state index is -0.731. The highest BCUT2D eigenvalue weighted by Crippen LogP contribution is 2.35. The second-order valence-electron chi connectivity index (χ2n) is 5.88. The molecular formula is C14H26O4. The van der Waals surface area contributed by atoms with Crippen LogP contribution in [0.2, 0.25) is 0 Å². The van der Waals surface area contributed by atoms with Crippen molar-refractivity contribution in [3.63, 3.8) is 0 Å². The van der Waals surface area contributed by atoms with Crippen LogP contribution in [0.1, 0.15) is 48.5 Å². The topological polar surface area (TPSA) is 52.6 Å². The molecule has 0 aromatic rings. The highest BCUT2D eigenvalue weighted by molar-refractivity contribution is 5.86. The Kier molecular flexibility index (Phi) is 6.17. The van der Waals surface area contributed by atoms with E-state index in [1.165, 1.54) is 0 Å². The highest BCUT2D eigenvalue weighted by atomic mass is 16.5. The summed E-state index contributed by atoms with van der Waals surface area (Å²) < 4.78 is 11.0. The van der Waals surface area contributed by atoms with E-state index in [-0.39, 0.29) is 18.5 Å². The molecule has 0 radical (unpaired) electrons. The molecule has 0 aromatic carbocycles. The molecule has 0 N–H and O–H groups in total. The molecule has 0 saturated carbocycles. The Hall–Kier alpha value is -0.740. The SMILES string of the molecule is CC(C)OCC(=O)C(C)(C)C(C)(C)OC(C)C=O. The molecule has 0 aliphatic heterocycles. The smallest absolute Gasteiger partial charge is 0.166 e. The molecular weight excluding hydrogens is 232 g/mol. The standard InChI is InChI=1S/C14H26O4/c1-10(2)17-9-12(16)13(4,5)14(6,7)18-11(3)8-15/h8,10-11H,9H2,1-7H3. The van der Waals surface area contributed by atoms with E-state index in [0.717, 1.165) is 6.29 Å². The maximum absolute atomic E-state index is 12.2. The monoisotopic (exact) mass is 258 g/mol. The second-order valence-corrected chi connectivity index (χ2v) is 5.88. The summed E-state index contributed by atoms with van der Waals surface area (Å²) in [6, 6.07) is 0. The Balaban J connectivity index is 4.76. The molecule has 0 rings (SSSR count). The lowest BCUT2D eigenvalue weighted by Gasteiger charge is -2.41. The zero-order valence-corrected chi connectivity index (χ0v) is 12.6. The summed E-state index contributed by atoms with van der Waals surface area (Å²) in [7, 11) is 0. The highest BCUT2D eigenvalue weighted by Gasteiger charge is 2.44. The van der Waals surface area contributed by atoms with Crippen molar-refractivity contribution in [1.82, 2.24) is 0 Å². The molecule has 0 saturated heterocycles. The lowest BCUT2D eigenvalue weighted by atomic mass is 9.73. The van der Waals surface area contributed by atoms with Crippen LogP contribution in [0.15, 0.2) is 0 Å². The molecule has 4 nitrogen and oxygen atoms in total. The van der Waals surface area contributed by atoms with E-state index >= 15 is 0 Å². The zero-order valence-electron chi connectivity index (χ0n) is 12.6. The fourth-order valence-electron chi connectivity index (χ4n) is 1.40. The third kappa shape index (κ3) is 4.50. The summed E-state index contributed by atoms with van der Waals surface area (Å²) in [5, 5.41) is 0. The number of ketones is 1. The quantitative estimate of drug-likeness (QED) is 0.627. The number of ether oxygens (including phenoxy) is 2. The minimum absolute atomic E-state index is 0.0164. The van der Waals surface area contributed by atoms with Gasteiger partial charge in [-0.3, -0.25) is 4.79 Å². The molecule has 1 unspecified atom stereocenters. The maximum Gasteiger partial charge on any atom is 0.166 e. The lowest BCUT2D eigenvalue weighted by molar-refractivity contribution is -0.165. The first-order valence-electron chi connectivity index (χ1n) is 6.32. The fourth-order valence-corrected chi connectivity index (χ4v) is 1.40. The van der Waals surface area contributed by atoms with Crippen LogP contribution >= 0.6 is 0 Å². The summed E-state index contributed by atoms with van der Waals surface area (Å²) in [6.07, 6.45) is 0.216. The predicted molar refractivity (Wildman–Crippen MR) is 70.6 cm³/mol. The molecule has 106 valence electrons. The van der Waals surface area contributed by atoms with Gasteiger partial charge in [-0.2, -0.15) is 0 Å². The summed E-state index contributed by atoms with van der Waals surface area (Å²) in [5.41, 5.74) is -1.45. The Morgan fingerprint density at radius 2 is 1.67 bits per heavy atom. The van der Waals surface area contributed by atoms with E-state index in [1.807, 2.05) is 41.5 Å². The van der Waals surface area contributed by atoms with Crippen LogP contribution in [0.25, 0.3) is 0 Å². The van der Waals surface area contributed by atoms with E-state index < -0.39 is 17.1 Å². The van der Waals surface area contributed by atoms with Gasteiger partial charge in [0, 0.05) is 0 Å². The zero-order chi connectivity index (χ0) is 14.6. The summed E-state index contributed by atoms with van der Waals surface area (Å²) in [5.74, 6) is -0.0284. The first-order valence-corrected chi connectivity index (χ1v) is 6.32. The van der Waals surface area contributed by atoms with E-state index in [0.29, 0.717) is 0 Å². The predicted octanol–water partition coefficient (Wildman–Crippen LogP) is 2.39.